The second-order valence-corrected chi connectivity index (χ2v) is 4.64. The van der Waals surface area contributed by atoms with E-state index in [0.29, 0.717) is 0 Å². The van der Waals surface area contributed by atoms with Crippen molar-refractivity contribution in [3.63, 3.8) is 0 Å². The van der Waals surface area contributed by atoms with Crippen LogP contribution in [0.5, 0.6) is 0 Å². The molecule has 0 saturated heterocycles. The topological polar surface area (TPSA) is 30.5 Å². The first-order valence-electron chi connectivity index (χ1n) is 7.14. The van der Waals surface area contributed by atoms with Crippen LogP contribution in [-0.4, -0.2) is 67.3 Å². The van der Waals surface area contributed by atoms with Crippen LogP contribution in [0.25, 0.3) is 0 Å². The van der Waals surface area contributed by atoms with E-state index in [0.717, 1.165) is 57.5 Å². The minimum Gasteiger partial charge on any atom is -0.361 e. The van der Waals surface area contributed by atoms with E-state index >= 15 is 0 Å². The minimum atomic E-state index is 0.773. The van der Waals surface area contributed by atoms with E-state index in [1.807, 2.05) is 0 Å². The smallest absolute Gasteiger partial charge is 0.166 e. The highest BCUT2D eigenvalue weighted by Crippen LogP contribution is 1.85. The first kappa shape index (κ1) is 17.6. The Kier molecular flexibility index (Phi) is 11.4. The summed E-state index contributed by atoms with van der Waals surface area (Å²) in [5, 5.41) is 7.28. The lowest BCUT2D eigenvalue weighted by atomic mass is 10.4. The van der Waals surface area contributed by atoms with Crippen molar-refractivity contribution >= 4 is 17.3 Å². The Labute approximate surface area is 118 Å². The maximum absolute atomic E-state index is 5.24. The zero-order chi connectivity index (χ0) is 13.8. The molecule has 0 aromatic rings. The van der Waals surface area contributed by atoms with Crippen LogP contribution in [0.15, 0.2) is 0 Å². The minimum absolute atomic E-state index is 0.773. The molecule has 0 aliphatic heterocycles. The second kappa shape index (κ2) is 11.7. The molecule has 0 radical (unpaired) electrons. The van der Waals surface area contributed by atoms with Crippen LogP contribution in [0.4, 0.5) is 0 Å². The van der Waals surface area contributed by atoms with Gasteiger partial charge in [-0.1, -0.05) is 27.7 Å². The fourth-order valence-electron chi connectivity index (χ4n) is 1.80. The third-order valence-corrected chi connectivity index (χ3v) is 3.50. The molecular weight excluding hydrogens is 244 g/mol. The van der Waals surface area contributed by atoms with Gasteiger partial charge in [0.25, 0.3) is 0 Å². The van der Waals surface area contributed by atoms with E-state index in [-0.39, 0.29) is 0 Å². The molecule has 4 nitrogen and oxygen atoms in total. The highest BCUT2D eigenvalue weighted by Gasteiger charge is 2.01. The van der Waals surface area contributed by atoms with Crippen molar-refractivity contribution in [3.8, 4) is 0 Å². The highest BCUT2D eigenvalue weighted by molar-refractivity contribution is 7.80. The lowest BCUT2D eigenvalue weighted by molar-refractivity contribution is 0.305. The Morgan fingerprint density at radius 2 is 1.11 bits per heavy atom. The van der Waals surface area contributed by atoms with Crippen molar-refractivity contribution < 1.29 is 0 Å². The van der Waals surface area contributed by atoms with Gasteiger partial charge in [-0.3, -0.25) is 0 Å². The average molecular weight is 274 g/mol. The summed E-state index contributed by atoms with van der Waals surface area (Å²) in [6, 6.07) is 0. The van der Waals surface area contributed by atoms with Crippen molar-refractivity contribution in [3.05, 3.63) is 0 Å². The van der Waals surface area contributed by atoms with Crippen LogP contribution in [0, 0.1) is 0 Å². The van der Waals surface area contributed by atoms with Gasteiger partial charge >= 0.3 is 0 Å². The van der Waals surface area contributed by atoms with E-state index < -0.39 is 0 Å². The maximum Gasteiger partial charge on any atom is 0.166 e. The fraction of sp³-hybridized carbons (Fsp3) is 0.923. The lowest BCUT2D eigenvalue weighted by Gasteiger charge is -2.20. The Morgan fingerprint density at radius 1 is 0.778 bits per heavy atom. The Bertz CT molecular complexity index is 183. The molecule has 5 heteroatoms. The second-order valence-electron chi connectivity index (χ2n) is 4.24. The van der Waals surface area contributed by atoms with E-state index in [1.165, 1.54) is 0 Å². The molecule has 0 heterocycles. The van der Waals surface area contributed by atoms with Gasteiger partial charge in [-0.25, -0.2) is 0 Å². The molecule has 0 atom stereocenters. The molecule has 18 heavy (non-hydrogen) atoms. The molecule has 0 aromatic heterocycles. The van der Waals surface area contributed by atoms with Crippen molar-refractivity contribution in [2.24, 2.45) is 0 Å². The third kappa shape index (κ3) is 8.66. The van der Waals surface area contributed by atoms with Gasteiger partial charge < -0.3 is 20.4 Å². The molecule has 0 bridgehead atoms. The lowest BCUT2D eigenvalue weighted by Crippen LogP contribution is -2.42. The van der Waals surface area contributed by atoms with Crippen LogP contribution < -0.4 is 10.6 Å². The molecular formula is C13H30N4S. The molecule has 0 aliphatic carbocycles. The Hall–Kier alpha value is -0.390. The third-order valence-electron chi connectivity index (χ3n) is 3.22. The molecule has 0 aliphatic rings. The van der Waals surface area contributed by atoms with Gasteiger partial charge in [-0.15, -0.1) is 0 Å². The molecule has 0 amide bonds. The summed E-state index contributed by atoms with van der Waals surface area (Å²) in [6.45, 7) is 17.1. The summed E-state index contributed by atoms with van der Waals surface area (Å²) < 4.78 is 0. The first-order valence-corrected chi connectivity index (χ1v) is 7.55. The summed E-state index contributed by atoms with van der Waals surface area (Å²) in [4.78, 5) is 4.76. The normalized spacial score (nSPS) is 11.0. The highest BCUT2D eigenvalue weighted by atomic mass is 32.1. The number of nitrogens with zero attached hydrogens (tertiary/aromatic N) is 2. The number of hydrogen-bond acceptors (Lipinski definition) is 3. The summed E-state index contributed by atoms with van der Waals surface area (Å²) in [6.07, 6.45) is 0. The van der Waals surface area contributed by atoms with Crippen molar-refractivity contribution in [1.82, 2.24) is 20.4 Å². The van der Waals surface area contributed by atoms with Crippen LogP contribution in [-0.2, 0) is 0 Å². The monoisotopic (exact) mass is 274 g/mol. The molecule has 0 aromatic carbocycles. The van der Waals surface area contributed by atoms with Crippen molar-refractivity contribution in [2.45, 2.75) is 27.7 Å². The first-order chi connectivity index (χ1) is 8.67. The van der Waals surface area contributed by atoms with Crippen LogP contribution in [0.2, 0.25) is 0 Å². The van der Waals surface area contributed by atoms with E-state index in [1.54, 1.807) is 0 Å². The molecule has 0 fully saturated rings. The molecule has 0 saturated carbocycles. The molecule has 0 spiro atoms. The zero-order valence-electron chi connectivity index (χ0n) is 12.5. The van der Waals surface area contributed by atoms with Gasteiger partial charge in [-0.2, -0.15) is 0 Å². The molecule has 0 rings (SSSR count). The maximum atomic E-state index is 5.24. The van der Waals surface area contributed by atoms with Crippen LogP contribution >= 0.6 is 12.2 Å². The SMILES string of the molecule is CCN(CC)CCNC(=S)NCCN(CC)CC. The Morgan fingerprint density at radius 3 is 1.39 bits per heavy atom. The number of rotatable bonds is 10. The molecule has 2 N–H and O–H groups in total. The van der Waals surface area contributed by atoms with E-state index in [4.69, 9.17) is 12.2 Å². The van der Waals surface area contributed by atoms with Crippen LogP contribution in [0.3, 0.4) is 0 Å². The van der Waals surface area contributed by atoms with Gasteiger partial charge in [0.05, 0.1) is 0 Å². The quantitative estimate of drug-likeness (QED) is 0.583. The summed E-state index contributed by atoms with van der Waals surface area (Å²) >= 11 is 5.24. The largest absolute Gasteiger partial charge is 0.361 e. The summed E-state index contributed by atoms with van der Waals surface area (Å²) in [7, 11) is 0. The predicted octanol–water partition coefficient (Wildman–Crippen LogP) is 1.13. The van der Waals surface area contributed by atoms with Gasteiger partial charge in [0, 0.05) is 26.2 Å². The van der Waals surface area contributed by atoms with Crippen LogP contribution in [0.1, 0.15) is 27.7 Å². The van der Waals surface area contributed by atoms with Gasteiger partial charge in [0.15, 0.2) is 5.11 Å². The predicted molar refractivity (Wildman–Crippen MR) is 84.2 cm³/mol. The van der Waals surface area contributed by atoms with Crippen molar-refractivity contribution in [1.29, 1.82) is 0 Å². The fourth-order valence-corrected chi connectivity index (χ4v) is 2.00. The van der Waals surface area contributed by atoms with Gasteiger partial charge in [-0.05, 0) is 38.4 Å². The standard InChI is InChI=1S/C13H30N4S/c1-5-16(6-2)11-9-14-13(18)15-10-12-17(7-3)8-4/h5-12H2,1-4H3,(H2,14,15,18). The average Bonchev–Trinajstić information content (AvgIpc) is 2.40. The number of hydrogen-bond donors (Lipinski definition) is 2. The molecule has 0 unspecified atom stereocenters. The molecule has 108 valence electrons. The Balaban J connectivity index is 3.54. The van der Waals surface area contributed by atoms with Gasteiger partial charge in [0.2, 0.25) is 0 Å². The van der Waals surface area contributed by atoms with E-state index in [2.05, 4.69) is 48.1 Å². The van der Waals surface area contributed by atoms with Crippen molar-refractivity contribution in [2.75, 3.05) is 52.4 Å². The summed E-state index contributed by atoms with van der Waals surface area (Å²) in [5.74, 6) is 0. The van der Waals surface area contributed by atoms with Gasteiger partial charge in [0.1, 0.15) is 0 Å². The summed E-state index contributed by atoms with van der Waals surface area (Å²) in [5.41, 5.74) is 0. The van der Waals surface area contributed by atoms with E-state index in [9.17, 15) is 0 Å². The number of thiocarbonyl (C=S) groups is 1. The zero-order valence-corrected chi connectivity index (χ0v) is 13.3. The number of likely N-dealkylation sites (N-methyl/N-ethyl adjacent to an activating group) is 2. The number of nitrogens with one attached hydrogen (secondary N) is 2.